The van der Waals surface area contributed by atoms with E-state index in [4.69, 9.17) is 15.6 Å². The standard InChI is InChI=1S/C15H21NO4S/c1-15(2,3)20-14(19)11-6-4-5-10(7-11)8-21-9-12(16)13(17)18/h4-7,12H,8-9,16H2,1-3H3,(H,17,18)/t12-/m0/s1. The van der Waals surface area contributed by atoms with Gasteiger partial charge >= 0.3 is 11.9 Å². The van der Waals surface area contributed by atoms with E-state index in [9.17, 15) is 9.59 Å². The maximum absolute atomic E-state index is 12.0. The maximum Gasteiger partial charge on any atom is 0.338 e. The van der Waals surface area contributed by atoms with Crippen LogP contribution in [0.15, 0.2) is 24.3 Å². The second-order valence-electron chi connectivity index (χ2n) is 5.66. The average molecular weight is 311 g/mol. The molecular formula is C15H21NO4S. The number of benzene rings is 1. The Balaban J connectivity index is 2.60. The lowest BCUT2D eigenvalue weighted by atomic mass is 10.1. The van der Waals surface area contributed by atoms with E-state index in [1.54, 1.807) is 18.2 Å². The molecule has 0 fully saturated rings. The van der Waals surface area contributed by atoms with Crippen LogP contribution in [0.4, 0.5) is 0 Å². The summed E-state index contributed by atoms with van der Waals surface area (Å²) in [5.41, 5.74) is 6.32. The highest BCUT2D eigenvalue weighted by Crippen LogP contribution is 2.17. The first-order valence-electron chi connectivity index (χ1n) is 6.57. The van der Waals surface area contributed by atoms with E-state index in [1.165, 1.54) is 11.8 Å². The molecule has 0 saturated heterocycles. The van der Waals surface area contributed by atoms with Crippen molar-refractivity contribution >= 4 is 23.7 Å². The number of esters is 1. The van der Waals surface area contributed by atoms with Gasteiger partial charge in [-0.15, -0.1) is 0 Å². The molecule has 1 aromatic rings. The number of nitrogens with two attached hydrogens (primary N) is 1. The van der Waals surface area contributed by atoms with Crippen LogP contribution < -0.4 is 5.73 Å². The molecule has 0 saturated carbocycles. The number of carboxylic acids is 1. The van der Waals surface area contributed by atoms with Gasteiger partial charge < -0.3 is 15.6 Å². The number of carbonyl (C=O) groups is 2. The van der Waals surface area contributed by atoms with Crippen LogP contribution in [0.5, 0.6) is 0 Å². The van der Waals surface area contributed by atoms with Crippen molar-refractivity contribution in [2.75, 3.05) is 5.75 Å². The Hall–Kier alpha value is -1.53. The Labute approximate surface area is 128 Å². The lowest BCUT2D eigenvalue weighted by Gasteiger charge is -2.19. The van der Waals surface area contributed by atoms with Gasteiger partial charge in [0, 0.05) is 11.5 Å². The normalized spacial score (nSPS) is 12.8. The SMILES string of the molecule is CC(C)(C)OC(=O)c1cccc(CSC[C@H](N)C(=O)O)c1. The third-order valence-electron chi connectivity index (χ3n) is 2.44. The summed E-state index contributed by atoms with van der Waals surface area (Å²) in [6.45, 7) is 5.45. The molecule has 0 bridgehead atoms. The summed E-state index contributed by atoms with van der Waals surface area (Å²) in [4.78, 5) is 22.6. The van der Waals surface area contributed by atoms with Crippen molar-refractivity contribution in [1.29, 1.82) is 0 Å². The number of thioether (sulfide) groups is 1. The molecule has 0 aliphatic heterocycles. The molecule has 0 aliphatic carbocycles. The van der Waals surface area contributed by atoms with Gasteiger partial charge in [0.25, 0.3) is 0 Å². The first-order valence-corrected chi connectivity index (χ1v) is 7.73. The van der Waals surface area contributed by atoms with Crippen molar-refractivity contribution in [3.05, 3.63) is 35.4 Å². The molecule has 5 nitrogen and oxygen atoms in total. The second-order valence-corrected chi connectivity index (χ2v) is 6.69. The minimum Gasteiger partial charge on any atom is -0.480 e. The number of ether oxygens (including phenoxy) is 1. The number of hydrogen-bond donors (Lipinski definition) is 2. The van der Waals surface area contributed by atoms with E-state index < -0.39 is 17.6 Å². The molecule has 21 heavy (non-hydrogen) atoms. The molecule has 0 aliphatic rings. The fourth-order valence-corrected chi connectivity index (χ4v) is 2.43. The molecule has 1 aromatic carbocycles. The highest BCUT2D eigenvalue weighted by Gasteiger charge is 2.18. The largest absolute Gasteiger partial charge is 0.480 e. The van der Waals surface area contributed by atoms with Gasteiger partial charge in [0.15, 0.2) is 0 Å². The van der Waals surface area contributed by atoms with Gasteiger partial charge in [0.2, 0.25) is 0 Å². The van der Waals surface area contributed by atoms with Crippen molar-refractivity contribution in [3.63, 3.8) is 0 Å². The summed E-state index contributed by atoms with van der Waals surface area (Å²) < 4.78 is 5.31. The third-order valence-corrected chi connectivity index (χ3v) is 3.58. The lowest BCUT2D eigenvalue weighted by Crippen LogP contribution is -2.32. The van der Waals surface area contributed by atoms with Gasteiger partial charge in [-0.05, 0) is 38.5 Å². The highest BCUT2D eigenvalue weighted by molar-refractivity contribution is 7.98. The summed E-state index contributed by atoms with van der Waals surface area (Å²) >= 11 is 1.42. The molecule has 116 valence electrons. The smallest absolute Gasteiger partial charge is 0.338 e. The molecule has 0 heterocycles. The first kappa shape index (κ1) is 17.5. The summed E-state index contributed by atoms with van der Waals surface area (Å²) in [7, 11) is 0. The fraction of sp³-hybridized carbons (Fsp3) is 0.467. The summed E-state index contributed by atoms with van der Waals surface area (Å²) in [5, 5.41) is 8.70. The van der Waals surface area contributed by atoms with Crippen LogP contribution in [0.3, 0.4) is 0 Å². The van der Waals surface area contributed by atoms with Crippen LogP contribution in [-0.2, 0) is 15.3 Å². The van der Waals surface area contributed by atoms with E-state index in [0.29, 0.717) is 17.1 Å². The van der Waals surface area contributed by atoms with Gasteiger partial charge in [0.05, 0.1) is 5.56 Å². The minimum absolute atomic E-state index is 0.325. The molecule has 0 spiro atoms. The molecule has 0 radical (unpaired) electrons. The van der Waals surface area contributed by atoms with Crippen LogP contribution in [0, 0.1) is 0 Å². The number of carboxylic acid groups (broad SMARTS) is 1. The van der Waals surface area contributed by atoms with Crippen LogP contribution >= 0.6 is 11.8 Å². The van der Waals surface area contributed by atoms with Gasteiger partial charge in [0.1, 0.15) is 11.6 Å². The molecule has 0 unspecified atom stereocenters. The second kappa shape index (κ2) is 7.47. The highest BCUT2D eigenvalue weighted by atomic mass is 32.2. The molecule has 0 amide bonds. The maximum atomic E-state index is 12.0. The van der Waals surface area contributed by atoms with Gasteiger partial charge in [-0.1, -0.05) is 12.1 Å². The van der Waals surface area contributed by atoms with E-state index >= 15 is 0 Å². The quantitative estimate of drug-likeness (QED) is 0.783. The zero-order chi connectivity index (χ0) is 16.0. The predicted molar refractivity (Wildman–Crippen MR) is 83.4 cm³/mol. The van der Waals surface area contributed by atoms with Crippen LogP contribution in [0.25, 0.3) is 0 Å². The van der Waals surface area contributed by atoms with Crippen molar-refractivity contribution in [3.8, 4) is 0 Å². The van der Waals surface area contributed by atoms with Crippen LogP contribution in [0.1, 0.15) is 36.7 Å². The molecule has 1 rings (SSSR count). The van der Waals surface area contributed by atoms with E-state index in [0.717, 1.165) is 5.56 Å². The topological polar surface area (TPSA) is 89.6 Å². The van der Waals surface area contributed by atoms with E-state index in [2.05, 4.69) is 0 Å². The number of rotatable bonds is 6. The number of aliphatic carboxylic acids is 1. The summed E-state index contributed by atoms with van der Waals surface area (Å²) in [6.07, 6.45) is 0. The zero-order valence-electron chi connectivity index (χ0n) is 12.5. The first-order chi connectivity index (χ1) is 9.69. The lowest BCUT2D eigenvalue weighted by molar-refractivity contribution is -0.137. The minimum atomic E-state index is -1.01. The fourth-order valence-electron chi connectivity index (χ4n) is 1.50. The Morgan fingerprint density at radius 1 is 1.38 bits per heavy atom. The van der Waals surface area contributed by atoms with Gasteiger partial charge in [-0.25, -0.2) is 4.79 Å². The molecular weight excluding hydrogens is 290 g/mol. The van der Waals surface area contributed by atoms with Crippen LogP contribution in [0.2, 0.25) is 0 Å². The van der Waals surface area contributed by atoms with Crippen molar-refractivity contribution in [2.24, 2.45) is 5.73 Å². The monoisotopic (exact) mass is 311 g/mol. The predicted octanol–water partition coefficient (Wildman–Crippen LogP) is 2.29. The van der Waals surface area contributed by atoms with Crippen molar-refractivity contribution < 1.29 is 19.4 Å². The molecule has 6 heteroatoms. The Morgan fingerprint density at radius 3 is 2.62 bits per heavy atom. The molecule has 3 N–H and O–H groups in total. The summed E-state index contributed by atoms with van der Waals surface area (Å²) in [6, 6.07) is 6.25. The van der Waals surface area contributed by atoms with Crippen molar-refractivity contribution in [1.82, 2.24) is 0 Å². The van der Waals surface area contributed by atoms with E-state index in [-0.39, 0.29) is 5.97 Å². The average Bonchev–Trinajstić information content (AvgIpc) is 2.36. The third kappa shape index (κ3) is 6.64. The summed E-state index contributed by atoms with van der Waals surface area (Å²) in [5.74, 6) is -0.453. The van der Waals surface area contributed by atoms with Gasteiger partial charge in [-0.3, -0.25) is 4.79 Å². The zero-order valence-corrected chi connectivity index (χ0v) is 13.3. The molecule has 1 atom stereocenters. The van der Waals surface area contributed by atoms with E-state index in [1.807, 2.05) is 26.8 Å². The van der Waals surface area contributed by atoms with Crippen LogP contribution in [-0.4, -0.2) is 34.4 Å². The Morgan fingerprint density at radius 2 is 2.05 bits per heavy atom. The molecule has 0 aromatic heterocycles. The number of carbonyl (C=O) groups excluding carboxylic acids is 1. The number of hydrogen-bond acceptors (Lipinski definition) is 5. The van der Waals surface area contributed by atoms with Crippen molar-refractivity contribution in [2.45, 2.75) is 38.2 Å². The van der Waals surface area contributed by atoms with Gasteiger partial charge in [-0.2, -0.15) is 11.8 Å². The Bertz CT molecular complexity index is 511. The Kier molecular flexibility index (Phi) is 6.23.